The number of thiazole rings is 1. The molecule has 0 bridgehead atoms. The maximum atomic E-state index is 14.2. The van der Waals surface area contributed by atoms with Gasteiger partial charge >= 0.3 is 6.09 Å². The van der Waals surface area contributed by atoms with Crippen molar-refractivity contribution >= 4 is 45.9 Å². The molecule has 3 unspecified atom stereocenters. The summed E-state index contributed by atoms with van der Waals surface area (Å²) in [6, 6.07) is 17.6. The number of nitrogens with one attached hydrogen (secondary N) is 4. The number of aliphatic hydroxyl groups excluding tert-OH is 1. The summed E-state index contributed by atoms with van der Waals surface area (Å²) in [7, 11) is 1.56. The molecule has 0 aliphatic rings. The summed E-state index contributed by atoms with van der Waals surface area (Å²) in [5.74, 6) is -0.421. The highest BCUT2D eigenvalue weighted by Gasteiger charge is 2.32. The van der Waals surface area contributed by atoms with Crippen LogP contribution in [-0.2, 0) is 38.6 Å². The van der Waals surface area contributed by atoms with E-state index in [1.165, 1.54) is 11.3 Å². The van der Waals surface area contributed by atoms with E-state index in [1.807, 2.05) is 70.2 Å². The zero-order valence-electron chi connectivity index (χ0n) is 31.7. The molecule has 4 amide bonds. The van der Waals surface area contributed by atoms with Gasteiger partial charge in [-0.15, -0.1) is 11.3 Å². The van der Waals surface area contributed by atoms with Crippen LogP contribution in [0.2, 0.25) is 0 Å². The van der Waals surface area contributed by atoms with E-state index in [0.717, 1.165) is 28.3 Å². The average Bonchev–Trinajstić information content (AvgIpc) is 3.68. The third-order valence-corrected chi connectivity index (χ3v) is 9.86. The molecule has 5 N–H and O–H groups in total. The number of rotatable bonds is 20. The van der Waals surface area contributed by atoms with Crippen LogP contribution < -0.4 is 26.0 Å². The topological polar surface area (TPSA) is 168 Å². The maximum Gasteiger partial charge on any atom is 0.408 e. The van der Waals surface area contributed by atoms with Gasteiger partial charge < -0.3 is 35.8 Å². The van der Waals surface area contributed by atoms with Crippen LogP contribution in [0.5, 0.6) is 5.75 Å². The van der Waals surface area contributed by atoms with Gasteiger partial charge in [0.05, 0.1) is 36.9 Å². The summed E-state index contributed by atoms with van der Waals surface area (Å²) in [6.07, 6.45) is -0.686. The minimum atomic E-state index is -1.16. The van der Waals surface area contributed by atoms with Crippen molar-refractivity contribution in [2.45, 2.75) is 90.6 Å². The van der Waals surface area contributed by atoms with Gasteiger partial charge in [-0.1, -0.05) is 88.7 Å². The number of amides is 4. The van der Waals surface area contributed by atoms with E-state index >= 15 is 0 Å². The Morgan fingerprint density at radius 3 is 2.26 bits per heavy atom. The molecule has 13 heteroatoms. The van der Waals surface area contributed by atoms with Gasteiger partial charge in [-0.05, 0) is 52.3 Å². The van der Waals surface area contributed by atoms with Gasteiger partial charge in [0.1, 0.15) is 24.4 Å². The summed E-state index contributed by atoms with van der Waals surface area (Å²) in [4.78, 5) is 58.5. The Morgan fingerprint density at radius 2 is 1.57 bits per heavy atom. The molecule has 290 valence electrons. The van der Waals surface area contributed by atoms with Crippen LogP contribution in [0.1, 0.15) is 63.8 Å². The van der Waals surface area contributed by atoms with Crippen molar-refractivity contribution in [2.24, 2.45) is 11.8 Å². The largest absolute Gasteiger partial charge is 0.497 e. The van der Waals surface area contributed by atoms with E-state index in [-0.39, 0.29) is 37.7 Å². The number of fused-ring (bicyclic) bond motifs is 1. The first-order valence-corrected chi connectivity index (χ1v) is 19.3. The van der Waals surface area contributed by atoms with Crippen molar-refractivity contribution in [3.05, 3.63) is 94.4 Å². The Morgan fingerprint density at radius 1 is 0.870 bits per heavy atom. The summed E-state index contributed by atoms with van der Waals surface area (Å²) in [5, 5.41) is 26.2. The first-order valence-electron chi connectivity index (χ1n) is 18.4. The Labute approximate surface area is 321 Å². The summed E-state index contributed by atoms with van der Waals surface area (Å²) in [6.45, 7) is 8.44. The van der Waals surface area contributed by atoms with Gasteiger partial charge in [0.2, 0.25) is 17.7 Å². The third kappa shape index (κ3) is 13.1. The Bertz CT molecular complexity index is 1800. The van der Waals surface area contributed by atoms with E-state index in [2.05, 4.69) is 26.3 Å². The number of alkyl carbamates (subject to hydrolysis) is 1. The third-order valence-electron chi connectivity index (χ3n) is 9.23. The summed E-state index contributed by atoms with van der Waals surface area (Å²) < 4.78 is 10.7. The van der Waals surface area contributed by atoms with Gasteiger partial charge in [0, 0.05) is 24.8 Å². The second-order valence-electron chi connectivity index (χ2n) is 14.0. The molecule has 1 aromatic heterocycles. The van der Waals surface area contributed by atoms with E-state index in [4.69, 9.17) is 9.47 Å². The lowest BCUT2D eigenvalue weighted by Crippen LogP contribution is -2.57. The molecule has 0 radical (unpaired) electrons. The molecule has 4 aromatic rings. The molecule has 3 aromatic carbocycles. The van der Waals surface area contributed by atoms with Crippen LogP contribution in [0, 0.1) is 11.8 Å². The van der Waals surface area contributed by atoms with Gasteiger partial charge in [-0.25, -0.2) is 9.78 Å². The zero-order chi connectivity index (χ0) is 39.0. The second kappa shape index (κ2) is 21.0. The first kappa shape index (κ1) is 41.7. The van der Waals surface area contributed by atoms with Crippen LogP contribution in [0.3, 0.4) is 0 Å². The number of carbonyl (C=O) groups excluding carboxylic acids is 4. The standard InChI is InChI=1S/C41H53N5O7S/c1-6-27(4)22-42-38(48)21-37(47)34(18-26(2)3)44-40(50)36(20-31-24-54-25-43-31)45-39(49)35(19-30-12-9-11-29-10-7-8-13-33(29)30)46-41(51)53-23-28-14-16-32(52-5)17-15-28/h7-17,24-27,34-37,47H,6,18-23H2,1-5H3,(H,42,48)(H,44,50)(H,45,49)(H,46,51)/t27?,34?,35-,36-,37?/m0/s1. The molecule has 1 heterocycles. The van der Waals surface area contributed by atoms with Crippen LogP contribution in [0.25, 0.3) is 10.8 Å². The van der Waals surface area contributed by atoms with Crippen LogP contribution in [0.15, 0.2) is 77.6 Å². The summed E-state index contributed by atoms with van der Waals surface area (Å²) >= 11 is 1.36. The number of methoxy groups -OCH3 is 1. The monoisotopic (exact) mass is 759 g/mol. The van der Waals surface area contributed by atoms with Crippen molar-refractivity contribution < 1.29 is 33.8 Å². The molecule has 0 spiro atoms. The molecule has 54 heavy (non-hydrogen) atoms. The van der Waals surface area contributed by atoms with Crippen molar-refractivity contribution in [2.75, 3.05) is 13.7 Å². The van der Waals surface area contributed by atoms with Crippen molar-refractivity contribution in [3.8, 4) is 5.75 Å². The molecule has 12 nitrogen and oxygen atoms in total. The second-order valence-corrected chi connectivity index (χ2v) is 14.8. The lowest BCUT2D eigenvalue weighted by Gasteiger charge is -2.29. The van der Waals surface area contributed by atoms with Crippen LogP contribution in [0.4, 0.5) is 4.79 Å². The number of ether oxygens (including phenoxy) is 2. The minimum absolute atomic E-state index is 0.0392. The normalized spacial score (nSPS) is 14.0. The molecule has 4 rings (SSSR count). The first-order chi connectivity index (χ1) is 25.9. The number of aromatic nitrogens is 1. The highest BCUT2D eigenvalue weighted by molar-refractivity contribution is 7.07. The Kier molecular flexibility index (Phi) is 16.3. The number of benzene rings is 3. The molecule has 0 aliphatic carbocycles. The molecule has 5 atom stereocenters. The fourth-order valence-corrected chi connectivity index (χ4v) is 6.49. The fourth-order valence-electron chi connectivity index (χ4n) is 5.92. The van der Waals surface area contributed by atoms with E-state index in [1.54, 1.807) is 42.3 Å². The lowest BCUT2D eigenvalue weighted by atomic mass is 9.96. The predicted octanol–water partition coefficient (Wildman–Crippen LogP) is 5.31. The Balaban J connectivity index is 1.55. The number of hydrogen-bond donors (Lipinski definition) is 5. The van der Waals surface area contributed by atoms with Gasteiger partial charge in [-0.3, -0.25) is 14.4 Å². The average molecular weight is 760 g/mol. The Hall–Kier alpha value is -5.01. The number of hydrogen-bond acceptors (Lipinski definition) is 9. The summed E-state index contributed by atoms with van der Waals surface area (Å²) in [5.41, 5.74) is 3.77. The number of nitrogens with zero attached hydrogens (tertiary/aromatic N) is 1. The minimum Gasteiger partial charge on any atom is -0.497 e. The van der Waals surface area contributed by atoms with E-state index < -0.39 is 42.1 Å². The van der Waals surface area contributed by atoms with Gasteiger partial charge in [0.15, 0.2) is 0 Å². The molecule has 0 saturated carbocycles. The van der Waals surface area contributed by atoms with Gasteiger partial charge in [0.25, 0.3) is 0 Å². The van der Waals surface area contributed by atoms with E-state index in [9.17, 15) is 24.3 Å². The number of aliphatic hydroxyl groups is 1. The zero-order valence-corrected chi connectivity index (χ0v) is 32.5. The van der Waals surface area contributed by atoms with E-state index in [0.29, 0.717) is 30.3 Å². The van der Waals surface area contributed by atoms with Crippen molar-refractivity contribution in [3.63, 3.8) is 0 Å². The maximum absolute atomic E-state index is 14.2. The van der Waals surface area contributed by atoms with Crippen LogP contribution in [-0.4, -0.2) is 71.8 Å². The van der Waals surface area contributed by atoms with Gasteiger partial charge in [-0.2, -0.15) is 0 Å². The predicted molar refractivity (Wildman–Crippen MR) is 210 cm³/mol. The highest BCUT2D eigenvalue weighted by atomic mass is 32.1. The highest BCUT2D eigenvalue weighted by Crippen LogP contribution is 2.21. The van der Waals surface area contributed by atoms with Crippen molar-refractivity contribution in [1.29, 1.82) is 0 Å². The molecule has 0 fully saturated rings. The molecular formula is C41H53N5O7S. The quantitative estimate of drug-likeness (QED) is 0.0808. The van der Waals surface area contributed by atoms with Crippen LogP contribution >= 0.6 is 11.3 Å². The fraction of sp³-hybridized carbons (Fsp3) is 0.439. The molecular weight excluding hydrogens is 707 g/mol. The molecule has 0 saturated heterocycles. The number of carbonyl (C=O) groups is 4. The molecule has 0 aliphatic heterocycles. The van der Waals surface area contributed by atoms with Crippen molar-refractivity contribution in [1.82, 2.24) is 26.3 Å². The SMILES string of the molecule is CCC(C)CNC(=O)CC(O)C(CC(C)C)NC(=O)[C@H](Cc1cscn1)NC(=O)[C@H](Cc1cccc2ccccc12)NC(=O)OCc1ccc(OC)cc1. The smallest absolute Gasteiger partial charge is 0.408 e. The lowest BCUT2D eigenvalue weighted by molar-refractivity contribution is -0.131.